The van der Waals surface area contributed by atoms with E-state index in [9.17, 15) is 4.79 Å². The molecule has 0 aliphatic carbocycles. The minimum absolute atomic E-state index is 0.154. The van der Waals surface area contributed by atoms with Gasteiger partial charge in [0, 0.05) is 4.88 Å². The van der Waals surface area contributed by atoms with Crippen molar-refractivity contribution in [1.82, 2.24) is 0 Å². The molecule has 1 aromatic carbocycles. The number of nitrogens with zero attached hydrogens (tertiary/aromatic N) is 1. The molecule has 1 saturated heterocycles. The lowest BCUT2D eigenvalue weighted by atomic mass is 10.3. The minimum Gasteiger partial charge on any atom is -0.278 e. The maximum atomic E-state index is 12.5. The molecule has 2 aromatic rings. The second kappa shape index (κ2) is 5.85. The van der Waals surface area contributed by atoms with Crippen LogP contribution in [0.4, 0.5) is 5.69 Å². The van der Waals surface area contributed by atoms with Crippen molar-refractivity contribution in [3.8, 4) is 0 Å². The van der Waals surface area contributed by atoms with Crippen LogP contribution in [-0.2, 0) is 4.79 Å². The van der Waals surface area contributed by atoms with Crippen LogP contribution in [0.1, 0.15) is 4.88 Å². The number of hydrogen-bond donors (Lipinski definition) is 1. The molecule has 1 aromatic heterocycles. The monoisotopic (exact) mass is 354 g/mol. The summed E-state index contributed by atoms with van der Waals surface area (Å²) >= 11 is 14.5. The molecule has 0 bridgehead atoms. The number of carbonyl (C=O) groups excluding carboxylic acids is 1. The summed E-state index contributed by atoms with van der Waals surface area (Å²) in [6, 6.07) is 8.73. The molecular formula is C14H8Cl2N2OS2. The fourth-order valence-electron chi connectivity index (χ4n) is 1.85. The molecule has 0 radical (unpaired) electrons. The zero-order valence-corrected chi connectivity index (χ0v) is 13.6. The molecule has 0 unspecified atom stereocenters. The fraction of sp³-hybridized carbons (Fsp3) is 0. The Labute approximate surface area is 139 Å². The van der Waals surface area contributed by atoms with E-state index >= 15 is 0 Å². The SMILES string of the molecule is N=C1S/C(=C\c2cccs2)C(=O)N1c1ccc(Cl)c(Cl)c1. The molecule has 21 heavy (non-hydrogen) atoms. The number of hydrogen-bond acceptors (Lipinski definition) is 4. The summed E-state index contributed by atoms with van der Waals surface area (Å²) in [6.07, 6.45) is 1.80. The number of nitrogens with one attached hydrogen (secondary N) is 1. The first-order valence-corrected chi connectivity index (χ1v) is 8.32. The Morgan fingerprint density at radius 2 is 2.00 bits per heavy atom. The van der Waals surface area contributed by atoms with E-state index in [4.69, 9.17) is 28.6 Å². The van der Waals surface area contributed by atoms with Crippen molar-refractivity contribution in [2.24, 2.45) is 0 Å². The van der Waals surface area contributed by atoms with Crippen LogP contribution in [0.3, 0.4) is 0 Å². The van der Waals surface area contributed by atoms with Crippen molar-refractivity contribution in [3.63, 3.8) is 0 Å². The van der Waals surface area contributed by atoms with Crippen LogP contribution in [0.5, 0.6) is 0 Å². The third-order valence-corrected chi connectivity index (χ3v) is 5.25. The molecule has 7 heteroatoms. The number of benzene rings is 1. The number of amides is 1. The quantitative estimate of drug-likeness (QED) is 0.761. The molecule has 3 nitrogen and oxygen atoms in total. The van der Waals surface area contributed by atoms with Crippen molar-refractivity contribution < 1.29 is 4.79 Å². The number of carbonyl (C=O) groups is 1. The van der Waals surface area contributed by atoms with Crippen molar-refractivity contribution in [2.45, 2.75) is 0 Å². The van der Waals surface area contributed by atoms with Crippen LogP contribution in [0.15, 0.2) is 40.6 Å². The number of halogens is 2. The second-order valence-corrected chi connectivity index (χ2v) is 6.99. The lowest BCUT2D eigenvalue weighted by Crippen LogP contribution is -2.28. The van der Waals surface area contributed by atoms with Crippen molar-refractivity contribution in [2.75, 3.05) is 4.90 Å². The number of thiophene rings is 1. The van der Waals surface area contributed by atoms with Gasteiger partial charge < -0.3 is 0 Å². The first kappa shape index (κ1) is 14.7. The van der Waals surface area contributed by atoms with E-state index in [-0.39, 0.29) is 11.1 Å². The predicted octanol–water partition coefficient (Wildman–Crippen LogP) is 5.11. The standard InChI is InChI=1S/C14H8Cl2N2OS2/c15-10-4-3-8(6-11(10)16)18-13(19)12(21-14(18)17)7-9-2-1-5-20-9/h1-7,17H/b12-7-,17-14?. The van der Waals surface area contributed by atoms with Crippen LogP contribution >= 0.6 is 46.3 Å². The third kappa shape index (κ3) is 2.87. The Morgan fingerprint density at radius 3 is 2.67 bits per heavy atom. The van der Waals surface area contributed by atoms with E-state index in [0.717, 1.165) is 16.6 Å². The highest BCUT2D eigenvalue weighted by Crippen LogP contribution is 2.37. The first-order chi connectivity index (χ1) is 10.1. The Bertz CT molecular complexity index is 756. The highest BCUT2D eigenvalue weighted by Gasteiger charge is 2.33. The molecular weight excluding hydrogens is 347 g/mol. The summed E-state index contributed by atoms with van der Waals surface area (Å²) in [4.78, 5) is 15.3. The van der Waals surface area contributed by atoms with Crippen molar-refractivity contribution in [1.29, 1.82) is 5.41 Å². The van der Waals surface area contributed by atoms with Gasteiger partial charge in [-0.3, -0.25) is 15.1 Å². The van der Waals surface area contributed by atoms with Gasteiger partial charge in [-0.05, 0) is 47.5 Å². The second-order valence-electron chi connectivity index (χ2n) is 4.17. The van der Waals surface area contributed by atoms with Crippen LogP contribution in [0.2, 0.25) is 10.0 Å². The normalized spacial score (nSPS) is 17.0. The van der Waals surface area contributed by atoms with Gasteiger partial charge in [-0.25, -0.2) is 0 Å². The van der Waals surface area contributed by atoms with Crippen LogP contribution in [0, 0.1) is 5.41 Å². The Kier molecular flexibility index (Phi) is 4.08. The summed E-state index contributed by atoms with van der Waals surface area (Å²) in [5.41, 5.74) is 0.543. The van der Waals surface area contributed by atoms with E-state index in [1.54, 1.807) is 35.6 Å². The smallest absolute Gasteiger partial charge is 0.271 e. The van der Waals surface area contributed by atoms with Crippen LogP contribution in [-0.4, -0.2) is 11.1 Å². The van der Waals surface area contributed by atoms with E-state index in [1.807, 2.05) is 17.5 Å². The Hall–Kier alpha value is -1.27. The average Bonchev–Trinajstić information content (AvgIpc) is 3.03. The summed E-state index contributed by atoms with van der Waals surface area (Å²) in [7, 11) is 0. The van der Waals surface area contributed by atoms with E-state index in [1.165, 1.54) is 4.90 Å². The molecule has 1 N–H and O–H groups in total. The van der Waals surface area contributed by atoms with E-state index < -0.39 is 0 Å². The Balaban J connectivity index is 1.95. The van der Waals surface area contributed by atoms with Gasteiger partial charge >= 0.3 is 0 Å². The molecule has 0 atom stereocenters. The van der Waals surface area contributed by atoms with Gasteiger partial charge in [-0.1, -0.05) is 29.3 Å². The van der Waals surface area contributed by atoms with Gasteiger partial charge in [0.05, 0.1) is 20.6 Å². The number of amidine groups is 1. The van der Waals surface area contributed by atoms with Gasteiger partial charge in [-0.2, -0.15) is 0 Å². The van der Waals surface area contributed by atoms with Gasteiger partial charge in [0.2, 0.25) is 0 Å². The zero-order valence-electron chi connectivity index (χ0n) is 10.5. The molecule has 1 aliphatic heterocycles. The van der Waals surface area contributed by atoms with Crippen LogP contribution < -0.4 is 4.90 Å². The maximum Gasteiger partial charge on any atom is 0.271 e. The maximum absolute atomic E-state index is 12.5. The highest BCUT2D eigenvalue weighted by atomic mass is 35.5. The third-order valence-electron chi connectivity index (χ3n) is 2.80. The van der Waals surface area contributed by atoms with Crippen molar-refractivity contribution >= 4 is 69.1 Å². The molecule has 3 rings (SSSR count). The largest absolute Gasteiger partial charge is 0.278 e. The molecule has 106 valence electrons. The Morgan fingerprint density at radius 1 is 1.19 bits per heavy atom. The lowest BCUT2D eigenvalue weighted by molar-refractivity contribution is -0.113. The minimum atomic E-state index is -0.225. The molecule has 2 heterocycles. The topological polar surface area (TPSA) is 44.2 Å². The molecule has 0 spiro atoms. The summed E-state index contributed by atoms with van der Waals surface area (Å²) in [5, 5.41) is 10.9. The van der Waals surface area contributed by atoms with Crippen LogP contribution in [0.25, 0.3) is 6.08 Å². The number of thioether (sulfide) groups is 1. The predicted molar refractivity (Wildman–Crippen MR) is 91.6 cm³/mol. The highest BCUT2D eigenvalue weighted by molar-refractivity contribution is 8.19. The van der Waals surface area contributed by atoms with Gasteiger partial charge in [-0.15, -0.1) is 11.3 Å². The summed E-state index contributed by atoms with van der Waals surface area (Å²) < 4.78 is 0. The fourth-order valence-corrected chi connectivity index (χ4v) is 3.72. The van der Waals surface area contributed by atoms with Gasteiger partial charge in [0.15, 0.2) is 5.17 Å². The molecule has 1 amide bonds. The zero-order chi connectivity index (χ0) is 15.0. The number of anilines is 1. The van der Waals surface area contributed by atoms with E-state index in [0.29, 0.717) is 20.6 Å². The average molecular weight is 355 g/mol. The lowest BCUT2D eigenvalue weighted by Gasteiger charge is -2.14. The molecule has 1 aliphatic rings. The summed E-state index contributed by atoms with van der Waals surface area (Å²) in [6.45, 7) is 0. The number of rotatable bonds is 2. The van der Waals surface area contributed by atoms with E-state index in [2.05, 4.69) is 0 Å². The first-order valence-electron chi connectivity index (χ1n) is 5.87. The molecule has 0 saturated carbocycles. The molecule has 1 fully saturated rings. The summed E-state index contributed by atoms with van der Waals surface area (Å²) in [5.74, 6) is -0.225. The van der Waals surface area contributed by atoms with Gasteiger partial charge in [0.1, 0.15) is 0 Å². The van der Waals surface area contributed by atoms with Crippen molar-refractivity contribution in [3.05, 3.63) is 55.5 Å². The van der Waals surface area contributed by atoms with Gasteiger partial charge in [0.25, 0.3) is 5.91 Å².